The molecule has 4 rings (SSSR count). The standard InChI is InChI=1S/C23H18FN5O/c1-27(16-18-6-4-17(14-25)5-7-18)23(30)21-15-26-29(20-10-8-19(24)9-11-20)22(21)28-12-2-3-13-28/h2-13,15H,16H2,1H3. The molecule has 148 valence electrons. The minimum absolute atomic E-state index is 0.198. The van der Waals surface area contributed by atoms with E-state index in [2.05, 4.69) is 11.2 Å². The maximum atomic E-state index is 13.4. The van der Waals surface area contributed by atoms with Crippen molar-refractivity contribution in [1.82, 2.24) is 19.2 Å². The predicted molar refractivity (Wildman–Crippen MR) is 110 cm³/mol. The molecule has 2 heterocycles. The van der Waals surface area contributed by atoms with E-state index in [0.717, 1.165) is 5.56 Å². The smallest absolute Gasteiger partial charge is 0.259 e. The van der Waals surface area contributed by atoms with Gasteiger partial charge in [-0.15, -0.1) is 0 Å². The Morgan fingerprint density at radius 3 is 2.40 bits per heavy atom. The molecule has 30 heavy (non-hydrogen) atoms. The molecule has 0 unspecified atom stereocenters. The highest BCUT2D eigenvalue weighted by Gasteiger charge is 2.22. The van der Waals surface area contributed by atoms with Crippen molar-refractivity contribution in [2.75, 3.05) is 7.05 Å². The van der Waals surface area contributed by atoms with Crippen LogP contribution in [0.2, 0.25) is 0 Å². The van der Waals surface area contributed by atoms with Crippen LogP contribution in [0.5, 0.6) is 0 Å². The first kappa shape index (κ1) is 19.2. The molecule has 0 radical (unpaired) electrons. The second-order valence-electron chi connectivity index (χ2n) is 6.83. The average Bonchev–Trinajstić information content (AvgIpc) is 3.44. The molecule has 0 bridgehead atoms. The first-order valence-corrected chi connectivity index (χ1v) is 9.28. The van der Waals surface area contributed by atoms with Crippen LogP contribution in [-0.4, -0.2) is 32.2 Å². The van der Waals surface area contributed by atoms with Crippen LogP contribution in [0.3, 0.4) is 0 Å². The molecule has 2 aromatic heterocycles. The largest absolute Gasteiger partial charge is 0.337 e. The molecular formula is C23H18FN5O. The van der Waals surface area contributed by atoms with Crippen molar-refractivity contribution < 1.29 is 9.18 Å². The molecule has 0 saturated heterocycles. The molecule has 0 N–H and O–H groups in total. The van der Waals surface area contributed by atoms with E-state index in [1.165, 1.54) is 18.3 Å². The van der Waals surface area contributed by atoms with Crippen molar-refractivity contribution in [3.63, 3.8) is 0 Å². The van der Waals surface area contributed by atoms with Gasteiger partial charge in [0.2, 0.25) is 0 Å². The van der Waals surface area contributed by atoms with E-state index in [0.29, 0.717) is 29.2 Å². The highest BCUT2D eigenvalue weighted by atomic mass is 19.1. The lowest BCUT2D eigenvalue weighted by molar-refractivity contribution is 0.0785. The van der Waals surface area contributed by atoms with E-state index < -0.39 is 0 Å². The van der Waals surface area contributed by atoms with Crippen LogP contribution in [0.4, 0.5) is 4.39 Å². The van der Waals surface area contributed by atoms with Crippen LogP contribution >= 0.6 is 0 Å². The number of benzene rings is 2. The van der Waals surface area contributed by atoms with Gasteiger partial charge in [-0.1, -0.05) is 12.1 Å². The number of carbonyl (C=O) groups is 1. The predicted octanol–water partition coefficient (Wildman–Crippen LogP) is 3.95. The zero-order valence-electron chi connectivity index (χ0n) is 16.2. The van der Waals surface area contributed by atoms with Crippen molar-refractivity contribution in [1.29, 1.82) is 5.26 Å². The highest BCUT2D eigenvalue weighted by molar-refractivity contribution is 5.97. The van der Waals surface area contributed by atoms with Gasteiger partial charge in [0.05, 0.1) is 23.5 Å². The molecule has 0 fully saturated rings. The maximum Gasteiger partial charge on any atom is 0.259 e. The van der Waals surface area contributed by atoms with Crippen molar-refractivity contribution in [2.24, 2.45) is 0 Å². The molecule has 4 aromatic rings. The Morgan fingerprint density at radius 2 is 1.77 bits per heavy atom. The Bertz CT molecular complexity index is 1200. The summed E-state index contributed by atoms with van der Waals surface area (Å²) in [6.45, 7) is 0.386. The maximum absolute atomic E-state index is 13.4. The van der Waals surface area contributed by atoms with E-state index in [1.807, 2.05) is 36.7 Å². The number of halogens is 1. The minimum atomic E-state index is -0.341. The Morgan fingerprint density at radius 1 is 1.10 bits per heavy atom. The molecule has 0 aliphatic heterocycles. The first-order chi connectivity index (χ1) is 14.6. The van der Waals surface area contributed by atoms with Crippen LogP contribution in [-0.2, 0) is 6.54 Å². The lowest BCUT2D eigenvalue weighted by Gasteiger charge is -2.18. The van der Waals surface area contributed by atoms with Crippen LogP contribution in [0, 0.1) is 17.1 Å². The third-order valence-corrected chi connectivity index (χ3v) is 4.74. The van der Waals surface area contributed by atoms with Gasteiger partial charge in [-0.05, 0) is 54.1 Å². The highest BCUT2D eigenvalue weighted by Crippen LogP contribution is 2.22. The second kappa shape index (κ2) is 8.05. The van der Waals surface area contributed by atoms with Gasteiger partial charge in [-0.3, -0.25) is 4.79 Å². The fourth-order valence-electron chi connectivity index (χ4n) is 3.22. The Labute approximate surface area is 173 Å². The van der Waals surface area contributed by atoms with Gasteiger partial charge >= 0.3 is 0 Å². The molecule has 0 aliphatic rings. The molecule has 1 amide bonds. The molecule has 0 saturated carbocycles. The SMILES string of the molecule is CN(Cc1ccc(C#N)cc1)C(=O)c1cnn(-c2ccc(F)cc2)c1-n1cccc1. The number of amides is 1. The van der Waals surface area contributed by atoms with Crippen molar-refractivity contribution in [3.05, 3.63) is 102 Å². The zero-order chi connectivity index (χ0) is 21.1. The average molecular weight is 399 g/mol. The van der Waals surface area contributed by atoms with Gasteiger partial charge in [0.25, 0.3) is 5.91 Å². The summed E-state index contributed by atoms with van der Waals surface area (Å²) in [5.41, 5.74) is 2.56. The van der Waals surface area contributed by atoms with Gasteiger partial charge in [-0.2, -0.15) is 10.4 Å². The minimum Gasteiger partial charge on any atom is -0.337 e. The number of hydrogen-bond donors (Lipinski definition) is 0. The number of rotatable bonds is 5. The molecule has 0 atom stereocenters. The summed E-state index contributed by atoms with van der Waals surface area (Å²) in [5.74, 6) is 0.0339. The van der Waals surface area contributed by atoms with Gasteiger partial charge in [-0.25, -0.2) is 9.07 Å². The van der Waals surface area contributed by atoms with Crippen molar-refractivity contribution in [3.8, 4) is 17.6 Å². The molecule has 6 nitrogen and oxygen atoms in total. The zero-order valence-corrected chi connectivity index (χ0v) is 16.2. The topological polar surface area (TPSA) is 66.8 Å². The second-order valence-corrected chi connectivity index (χ2v) is 6.83. The summed E-state index contributed by atoms with van der Waals surface area (Å²) in [5, 5.41) is 13.3. The molecule has 2 aromatic carbocycles. The monoisotopic (exact) mass is 399 g/mol. The van der Waals surface area contributed by atoms with Crippen LogP contribution < -0.4 is 0 Å². The lowest BCUT2D eigenvalue weighted by atomic mass is 10.1. The van der Waals surface area contributed by atoms with Gasteiger partial charge in [0.15, 0.2) is 5.82 Å². The number of carbonyl (C=O) groups excluding carboxylic acids is 1. The summed E-state index contributed by atoms with van der Waals surface area (Å²) in [4.78, 5) is 14.8. The third-order valence-electron chi connectivity index (χ3n) is 4.74. The summed E-state index contributed by atoms with van der Waals surface area (Å²) in [6, 6.07) is 18.9. The Kier molecular flexibility index (Phi) is 5.14. The van der Waals surface area contributed by atoms with Gasteiger partial charge in [0, 0.05) is 26.0 Å². The van der Waals surface area contributed by atoms with E-state index in [4.69, 9.17) is 5.26 Å². The van der Waals surface area contributed by atoms with Crippen LogP contribution in [0.25, 0.3) is 11.5 Å². The summed E-state index contributed by atoms with van der Waals surface area (Å²) < 4.78 is 16.8. The Hall–Kier alpha value is -4.18. The number of nitriles is 1. The number of nitrogens with zero attached hydrogens (tertiary/aromatic N) is 5. The Balaban J connectivity index is 1.68. The summed E-state index contributed by atoms with van der Waals surface area (Å²) in [6.07, 6.45) is 5.18. The lowest BCUT2D eigenvalue weighted by Crippen LogP contribution is -2.27. The fourth-order valence-corrected chi connectivity index (χ4v) is 3.22. The fraction of sp³-hybridized carbons (Fsp3) is 0.0870. The molecule has 0 aliphatic carbocycles. The van der Waals surface area contributed by atoms with E-state index in [1.54, 1.807) is 45.5 Å². The first-order valence-electron chi connectivity index (χ1n) is 9.28. The number of hydrogen-bond acceptors (Lipinski definition) is 3. The van der Waals surface area contributed by atoms with Crippen LogP contribution in [0.1, 0.15) is 21.5 Å². The molecule has 0 spiro atoms. The van der Waals surface area contributed by atoms with E-state index in [9.17, 15) is 9.18 Å². The summed E-state index contributed by atoms with van der Waals surface area (Å²) >= 11 is 0. The van der Waals surface area contributed by atoms with Crippen molar-refractivity contribution in [2.45, 2.75) is 6.54 Å². The van der Waals surface area contributed by atoms with E-state index >= 15 is 0 Å². The molecule has 7 heteroatoms. The molecular weight excluding hydrogens is 381 g/mol. The van der Waals surface area contributed by atoms with E-state index in [-0.39, 0.29) is 11.7 Å². The summed E-state index contributed by atoms with van der Waals surface area (Å²) in [7, 11) is 1.72. The van der Waals surface area contributed by atoms with Crippen molar-refractivity contribution >= 4 is 5.91 Å². The number of aromatic nitrogens is 3. The van der Waals surface area contributed by atoms with Gasteiger partial charge in [0.1, 0.15) is 11.4 Å². The quantitative estimate of drug-likeness (QED) is 0.510. The normalized spacial score (nSPS) is 10.6. The van der Waals surface area contributed by atoms with Gasteiger partial charge < -0.3 is 9.47 Å². The third kappa shape index (κ3) is 3.71. The van der Waals surface area contributed by atoms with Crippen LogP contribution in [0.15, 0.2) is 79.3 Å².